The first-order chi connectivity index (χ1) is 17.2. The van der Waals surface area contributed by atoms with Gasteiger partial charge >= 0.3 is 0 Å². The molecule has 5 rings (SSSR count). The van der Waals surface area contributed by atoms with Crippen molar-refractivity contribution in [1.82, 2.24) is 14.1 Å². The zero-order chi connectivity index (χ0) is 25.4. The minimum Gasteiger partial charge on any atom is -0.359 e. The first kappa shape index (κ1) is 25.7. The number of nitrogens with zero attached hydrogens (tertiary/aromatic N) is 4. The molecule has 190 valence electrons. The molecule has 0 spiro atoms. The van der Waals surface area contributed by atoms with Gasteiger partial charge in [0.1, 0.15) is 4.88 Å². The molecule has 3 aromatic rings. The van der Waals surface area contributed by atoms with E-state index < -0.39 is 10.0 Å². The quantitative estimate of drug-likeness (QED) is 0.404. The maximum absolute atomic E-state index is 13.3. The fourth-order valence-corrected chi connectivity index (χ4v) is 7.74. The van der Waals surface area contributed by atoms with Crippen molar-refractivity contribution in [1.29, 1.82) is 0 Å². The first-order valence-corrected chi connectivity index (χ1v) is 15.2. The molecule has 1 aromatic heterocycles. The van der Waals surface area contributed by atoms with E-state index in [9.17, 15) is 13.2 Å². The molecule has 0 unspecified atom stereocenters. The van der Waals surface area contributed by atoms with Crippen LogP contribution >= 0.6 is 38.9 Å². The van der Waals surface area contributed by atoms with Gasteiger partial charge in [-0.3, -0.25) is 9.79 Å². The number of piperazine rings is 1. The summed E-state index contributed by atoms with van der Waals surface area (Å²) in [7, 11) is -1.67. The van der Waals surface area contributed by atoms with Crippen LogP contribution in [-0.4, -0.2) is 74.0 Å². The molecule has 11 heteroatoms. The summed E-state index contributed by atoms with van der Waals surface area (Å²) in [6.07, 6.45) is 2.04. The van der Waals surface area contributed by atoms with Crippen molar-refractivity contribution in [2.75, 3.05) is 39.8 Å². The molecule has 0 radical (unpaired) electrons. The Morgan fingerprint density at radius 3 is 2.58 bits per heavy atom. The van der Waals surface area contributed by atoms with Crippen LogP contribution in [0.1, 0.15) is 28.1 Å². The molecule has 1 saturated heterocycles. The van der Waals surface area contributed by atoms with E-state index in [1.165, 1.54) is 15.6 Å². The Bertz CT molecular complexity index is 1450. The Balaban J connectivity index is 1.24. The van der Waals surface area contributed by atoms with E-state index in [1.54, 1.807) is 17.0 Å². The highest BCUT2D eigenvalue weighted by Crippen LogP contribution is 2.31. The average Bonchev–Trinajstić information content (AvgIpc) is 3.54. The Labute approximate surface area is 228 Å². The second kappa shape index (κ2) is 10.4. The van der Waals surface area contributed by atoms with Crippen molar-refractivity contribution in [3.05, 3.63) is 61.7 Å². The van der Waals surface area contributed by atoms with Crippen molar-refractivity contribution in [2.24, 2.45) is 4.99 Å². The topological polar surface area (TPSA) is 73.3 Å². The SMILES string of the molecule is CN(Cc1csc(C(=O)N2CCN(S(=O)(=O)c3ccc4cc(Br)ccc4c3)CC2)c1Cl)C1=NCCC1. The third-order valence-corrected chi connectivity index (χ3v) is 10.6. The Hall–Kier alpha value is -1.98. The molecule has 0 atom stereocenters. The molecule has 2 aliphatic heterocycles. The van der Waals surface area contributed by atoms with E-state index in [-0.39, 0.29) is 23.9 Å². The van der Waals surface area contributed by atoms with Gasteiger partial charge in [0.15, 0.2) is 0 Å². The number of fused-ring (bicyclic) bond motifs is 1. The number of amidine groups is 1. The van der Waals surface area contributed by atoms with Crippen molar-refractivity contribution in [3.63, 3.8) is 0 Å². The normalized spacial score (nSPS) is 17.0. The van der Waals surface area contributed by atoms with Crippen LogP contribution in [0.3, 0.4) is 0 Å². The highest BCUT2D eigenvalue weighted by molar-refractivity contribution is 9.10. The lowest BCUT2D eigenvalue weighted by molar-refractivity contribution is 0.0703. The van der Waals surface area contributed by atoms with Crippen LogP contribution in [-0.2, 0) is 16.6 Å². The van der Waals surface area contributed by atoms with Gasteiger partial charge in [-0.15, -0.1) is 11.3 Å². The number of amides is 1. The molecule has 2 aromatic carbocycles. The van der Waals surface area contributed by atoms with Crippen molar-refractivity contribution in [3.8, 4) is 0 Å². The van der Waals surface area contributed by atoms with Gasteiger partial charge in [-0.25, -0.2) is 8.42 Å². The highest BCUT2D eigenvalue weighted by Gasteiger charge is 2.32. The predicted octanol–water partition coefficient (Wildman–Crippen LogP) is 5.09. The summed E-state index contributed by atoms with van der Waals surface area (Å²) in [6, 6.07) is 10.9. The molecule has 36 heavy (non-hydrogen) atoms. The van der Waals surface area contributed by atoms with Crippen LogP contribution in [0.25, 0.3) is 10.8 Å². The number of hydrogen-bond acceptors (Lipinski definition) is 6. The summed E-state index contributed by atoms with van der Waals surface area (Å²) < 4.78 is 29.0. The number of sulfonamides is 1. The molecule has 7 nitrogen and oxygen atoms in total. The monoisotopic (exact) mass is 608 g/mol. The van der Waals surface area contributed by atoms with Crippen LogP contribution in [0.15, 0.2) is 56.1 Å². The lowest BCUT2D eigenvalue weighted by Gasteiger charge is -2.34. The molecule has 0 bridgehead atoms. The fourth-order valence-electron chi connectivity index (χ4n) is 4.59. The van der Waals surface area contributed by atoms with Gasteiger partial charge in [0.05, 0.1) is 15.8 Å². The van der Waals surface area contributed by atoms with Crippen molar-refractivity contribution < 1.29 is 13.2 Å². The third-order valence-electron chi connectivity index (χ3n) is 6.63. The van der Waals surface area contributed by atoms with E-state index in [4.69, 9.17) is 11.6 Å². The second-order valence-electron chi connectivity index (χ2n) is 9.01. The third kappa shape index (κ3) is 5.06. The zero-order valence-electron chi connectivity index (χ0n) is 19.8. The molecule has 1 amide bonds. The Morgan fingerprint density at radius 1 is 1.14 bits per heavy atom. The van der Waals surface area contributed by atoms with E-state index in [1.807, 2.05) is 36.7 Å². The maximum Gasteiger partial charge on any atom is 0.265 e. The molecule has 3 heterocycles. The lowest BCUT2D eigenvalue weighted by atomic mass is 10.1. The Morgan fingerprint density at radius 2 is 1.86 bits per heavy atom. The van der Waals surface area contributed by atoms with Crippen LogP contribution in [0.2, 0.25) is 5.02 Å². The van der Waals surface area contributed by atoms with Crippen LogP contribution in [0.5, 0.6) is 0 Å². The van der Waals surface area contributed by atoms with E-state index >= 15 is 0 Å². The minimum atomic E-state index is -3.66. The number of hydrogen-bond donors (Lipinski definition) is 0. The van der Waals surface area contributed by atoms with Crippen molar-refractivity contribution >= 4 is 71.4 Å². The van der Waals surface area contributed by atoms with Gasteiger partial charge < -0.3 is 9.80 Å². The van der Waals surface area contributed by atoms with Crippen LogP contribution in [0.4, 0.5) is 0 Å². The number of carbonyl (C=O) groups excluding carboxylic acids is 1. The standard InChI is InChI=1S/C25H26BrClN4O3S2/c1-29(22-3-2-8-28-22)15-19-16-35-24(23(19)27)25(32)30-9-11-31(12-10-30)36(33,34)21-7-5-17-13-20(26)6-4-18(17)14-21/h4-7,13-14,16H,2-3,8-12,15H2,1H3. The number of thiophene rings is 1. The molecule has 1 fully saturated rings. The fraction of sp³-hybridized carbons (Fsp3) is 0.360. The summed E-state index contributed by atoms with van der Waals surface area (Å²) in [6.45, 7) is 2.59. The van der Waals surface area contributed by atoms with Gasteiger partial charge in [0.2, 0.25) is 10.0 Å². The molecule has 0 saturated carbocycles. The van der Waals surface area contributed by atoms with Crippen molar-refractivity contribution in [2.45, 2.75) is 24.3 Å². The number of rotatable bonds is 5. The summed E-state index contributed by atoms with van der Waals surface area (Å²) in [5, 5.41) is 4.24. The second-order valence-corrected chi connectivity index (χ2v) is 13.1. The summed E-state index contributed by atoms with van der Waals surface area (Å²) >= 11 is 11.4. The van der Waals surface area contributed by atoms with Crippen LogP contribution in [0, 0.1) is 0 Å². The Kier molecular flexibility index (Phi) is 7.42. The van der Waals surface area contributed by atoms with Gasteiger partial charge in [-0.05, 0) is 46.8 Å². The highest BCUT2D eigenvalue weighted by atomic mass is 79.9. The minimum absolute atomic E-state index is 0.148. The maximum atomic E-state index is 13.3. The van der Waals surface area contributed by atoms with Gasteiger partial charge in [-0.2, -0.15) is 4.31 Å². The largest absolute Gasteiger partial charge is 0.359 e. The van der Waals surface area contributed by atoms with E-state index in [0.717, 1.165) is 46.0 Å². The van der Waals surface area contributed by atoms with Gasteiger partial charge in [0, 0.05) is 62.8 Å². The zero-order valence-corrected chi connectivity index (χ0v) is 23.8. The first-order valence-electron chi connectivity index (χ1n) is 11.7. The smallest absolute Gasteiger partial charge is 0.265 e. The molecule has 0 N–H and O–H groups in total. The number of halogens is 2. The van der Waals surface area contributed by atoms with Gasteiger partial charge in [-0.1, -0.05) is 39.7 Å². The summed E-state index contributed by atoms with van der Waals surface area (Å²) in [4.78, 5) is 22.3. The summed E-state index contributed by atoms with van der Waals surface area (Å²) in [5.74, 6) is 0.923. The van der Waals surface area contributed by atoms with E-state index in [2.05, 4.69) is 25.8 Å². The van der Waals surface area contributed by atoms with Crippen LogP contribution < -0.4 is 0 Å². The number of benzene rings is 2. The predicted molar refractivity (Wildman–Crippen MR) is 149 cm³/mol. The summed E-state index contributed by atoms with van der Waals surface area (Å²) in [5.41, 5.74) is 0.909. The van der Waals surface area contributed by atoms with Gasteiger partial charge in [0.25, 0.3) is 5.91 Å². The molecule has 0 aliphatic carbocycles. The molecular weight excluding hydrogens is 584 g/mol. The molecular formula is C25H26BrClN4O3S2. The number of carbonyl (C=O) groups is 1. The number of aliphatic imine (C=N–C) groups is 1. The average molecular weight is 610 g/mol. The van der Waals surface area contributed by atoms with E-state index in [0.29, 0.717) is 29.5 Å². The molecule has 2 aliphatic rings. The lowest BCUT2D eigenvalue weighted by Crippen LogP contribution is -2.50.